The van der Waals surface area contributed by atoms with Gasteiger partial charge >= 0.3 is 0 Å². The number of allylic oxidation sites excluding steroid dienone is 2. The summed E-state index contributed by atoms with van der Waals surface area (Å²) in [5.74, 6) is -5.22. The van der Waals surface area contributed by atoms with Crippen molar-refractivity contribution in [3.8, 4) is 5.75 Å². The van der Waals surface area contributed by atoms with Crippen LogP contribution < -0.4 is 4.90 Å². The molecule has 3 aliphatic rings. The lowest BCUT2D eigenvalue weighted by Gasteiger charge is -2.46. The average molecular weight is 560 g/mol. The number of hydrogen-bond acceptors (Lipinski definition) is 8. The van der Waals surface area contributed by atoms with E-state index in [0.29, 0.717) is 24.0 Å². The number of carbonyl (C=O) groups is 3. The van der Waals surface area contributed by atoms with Gasteiger partial charge in [-0.25, -0.2) is 0 Å². The fourth-order valence-electron chi connectivity index (χ4n) is 6.91. The van der Waals surface area contributed by atoms with Crippen LogP contribution in [0.3, 0.4) is 0 Å². The number of aliphatic hydroxyl groups is 3. The lowest BCUT2D eigenvalue weighted by atomic mass is 9.60. The van der Waals surface area contributed by atoms with Gasteiger partial charge in [0.1, 0.15) is 22.8 Å². The van der Waals surface area contributed by atoms with Gasteiger partial charge < -0.3 is 25.3 Å². The fourth-order valence-corrected chi connectivity index (χ4v) is 6.91. The highest BCUT2D eigenvalue weighted by Gasteiger charge is 2.59. The molecule has 5 rings (SSSR count). The highest BCUT2D eigenvalue weighted by molar-refractivity contribution is 6.25. The molecule has 0 unspecified atom stereocenters. The smallest absolute Gasteiger partial charge is 0.209 e. The molecule has 0 heterocycles. The number of hydrogen-bond donors (Lipinski definition) is 4. The molecule has 0 aromatic heterocycles. The molecule has 8 nitrogen and oxygen atoms in total. The Morgan fingerprint density at radius 3 is 2.41 bits per heavy atom. The zero-order valence-corrected chi connectivity index (χ0v) is 24.0. The van der Waals surface area contributed by atoms with Gasteiger partial charge in [-0.05, 0) is 79.7 Å². The molecule has 0 saturated heterocycles. The maximum atomic E-state index is 14.0. The summed E-state index contributed by atoms with van der Waals surface area (Å²) in [6, 6.07) is 10.3. The van der Waals surface area contributed by atoms with Crippen LogP contribution in [0.4, 0.5) is 5.69 Å². The number of phenolic OH excluding ortho intramolecular Hbond substituents is 1. The quantitative estimate of drug-likeness (QED) is 0.365. The van der Waals surface area contributed by atoms with Crippen molar-refractivity contribution in [1.82, 2.24) is 0 Å². The monoisotopic (exact) mass is 559 g/mol. The second kappa shape index (κ2) is 10.5. The van der Waals surface area contributed by atoms with Crippen molar-refractivity contribution in [3.63, 3.8) is 0 Å². The normalized spacial score (nSPS) is 23.7. The number of carbonyl (C=O) groups excluding carboxylic acids is 3. The van der Waals surface area contributed by atoms with E-state index in [1.54, 1.807) is 0 Å². The summed E-state index contributed by atoms with van der Waals surface area (Å²) in [4.78, 5) is 41.3. The summed E-state index contributed by atoms with van der Waals surface area (Å²) < 4.78 is 0. The van der Waals surface area contributed by atoms with E-state index in [1.807, 2.05) is 31.1 Å². The SMILES string of the molecule is CCc1cccc(CCCc2cc(N(C)C)c3c(c2O)C(=O)C2=C(O)[C@]4(O)C(=O)C(C(C)=O)=C(O)C[C@@H]4C[C@@H]2C3)c1. The van der Waals surface area contributed by atoms with Crippen LogP contribution in [0, 0.1) is 11.8 Å². The third kappa shape index (κ3) is 4.54. The van der Waals surface area contributed by atoms with Gasteiger partial charge in [-0.1, -0.05) is 31.2 Å². The summed E-state index contributed by atoms with van der Waals surface area (Å²) in [7, 11) is 3.73. The van der Waals surface area contributed by atoms with Gasteiger partial charge in [0, 0.05) is 37.7 Å². The number of rotatable bonds is 7. The Balaban J connectivity index is 1.54. The molecular formula is C33H37NO7. The molecule has 0 fully saturated rings. The van der Waals surface area contributed by atoms with Crippen molar-refractivity contribution >= 4 is 23.0 Å². The van der Waals surface area contributed by atoms with Gasteiger partial charge in [-0.15, -0.1) is 0 Å². The highest BCUT2D eigenvalue weighted by atomic mass is 16.3. The van der Waals surface area contributed by atoms with E-state index in [1.165, 1.54) is 11.1 Å². The first-order chi connectivity index (χ1) is 19.4. The van der Waals surface area contributed by atoms with E-state index in [4.69, 9.17) is 0 Å². The molecule has 41 heavy (non-hydrogen) atoms. The van der Waals surface area contributed by atoms with Gasteiger partial charge in [0.05, 0.1) is 5.56 Å². The molecule has 0 aliphatic heterocycles. The molecule has 216 valence electrons. The zero-order valence-electron chi connectivity index (χ0n) is 24.0. The summed E-state index contributed by atoms with van der Waals surface area (Å²) in [5, 5.41) is 44.7. The van der Waals surface area contributed by atoms with E-state index in [9.17, 15) is 34.8 Å². The molecule has 8 heteroatoms. The second-order valence-corrected chi connectivity index (χ2v) is 11.8. The number of benzene rings is 2. The predicted molar refractivity (Wildman–Crippen MR) is 154 cm³/mol. The van der Waals surface area contributed by atoms with Crippen molar-refractivity contribution in [2.45, 2.75) is 64.4 Å². The number of anilines is 1. The summed E-state index contributed by atoms with van der Waals surface area (Å²) in [6.07, 6.45) is 3.30. The topological polar surface area (TPSA) is 135 Å². The lowest BCUT2D eigenvalue weighted by Crippen LogP contribution is -2.56. The highest BCUT2D eigenvalue weighted by Crippen LogP contribution is 2.52. The van der Waals surface area contributed by atoms with Gasteiger partial charge in [0.15, 0.2) is 17.2 Å². The number of phenols is 1. The maximum absolute atomic E-state index is 14.0. The van der Waals surface area contributed by atoms with E-state index in [-0.39, 0.29) is 29.7 Å². The average Bonchev–Trinajstić information content (AvgIpc) is 2.91. The Hall–Kier alpha value is -3.91. The Bertz CT molecular complexity index is 1530. The molecule has 0 saturated carbocycles. The third-order valence-corrected chi connectivity index (χ3v) is 9.02. The van der Waals surface area contributed by atoms with Crippen LogP contribution in [-0.2, 0) is 35.3 Å². The number of Topliss-reactive ketones (excluding diaryl/α,β-unsaturated/α-hetero) is 3. The van der Waals surface area contributed by atoms with Gasteiger partial charge in [-0.3, -0.25) is 14.4 Å². The van der Waals surface area contributed by atoms with Gasteiger partial charge in [0.25, 0.3) is 0 Å². The molecule has 0 bridgehead atoms. The van der Waals surface area contributed by atoms with Crippen LogP contribution >= 0.6 is 0 Å². The third-order valence-electron chi connectivity index (χ3n) is 9.02. The Kier molecular flexibility index (Phi) is 7.32. The lowest BCUT2D eigenvalue weighted by molar-refractivity contribution is -0.144. The second-order valence-electron chi connectivity index (χ2n) is 11.8. The van der Waals surface area contributed by atoms with Gasteiger partial charge in [-0.2, -0.15) is 0 Å². The standard InChI is InChI=1S/C33H37NO7/c1-5-18-8-6-9-19(12-18)10-7-11-20-15-24(34(3)4)23-14-21-13-22-16-25(36)26(17(2)35)31(39)33(22,41)32(40)27(21)30(38)28(23)29(20)37/h6,8-9,12,15,21-22,36-37,40-41H,5,7,10-11,13-14,16H2,1-4H3/t21-,22+,33-/m1/s1. The molecule has 0 spiro atoms. The van der Waals surface area contributed by atoms with Gasteiger partial charge in [0.2, 0.25) is 5.78 Å². The Labute approximate surface area is 239 Å². The molecule has 3 aliphatic carbocycles. The van der Waals surface area contributed by atoms with Crippen LogP contribution in [-0.4, -0.2) is 57.5 Å². The van der Waals surface area contributed by atoms with E-state index in [2.05, 4.69) is 25.1 Å². The van der Waals surface area contributed by atoms with E-state index in [0.717, 1.165) is 31.9 Å². The van der Waals surface area contributed by atoms with Crippen molar-refractivity contribution in [3.05, 3.63) is 80.8 Å². The molecule has 4 N–H and O–H groups in total. The van der Waals surface area contributed by atoms with Crippen LogP contribution in [0.15, 0.2) is 53.0 Å². The van der Waals surface area contributed by atoms with Crippen LogP contribution in [0.2, 0.25) is 0 Å². The number of aryl methyl sites for hydroxylation is 3. The predicted octanol–water partition coefficient (Wildman–Crippen LogP) is 4.49. The number of fused-ring (bicyclic) bond motifs is 3. The Morgan fingerprint density at radius 2 is 1.76 bits per heavy atom. The van der Waals surface area contributed by atoms with Crippen molar-refractivity contribution in [2.75, 3.05) is 19.0 Å². The molecule has 0 amide bonds. The van der Waals surface area contributed by atoms with Crippen LogP contribution in [0.1, 0.15) is 65.7 Å². The number of ketones is 3. The Morgan fingerprint density at radius 1 is 1.05 bits per heavy atom. The van der Waals surface area contributed by atoms with Crippen LogP contribution in [0.5, 0.6) is 5.75 Å². The summed E-state index contributed by atoms with van der Waals surface area (Å²) >= 11 is 0. The molecule has 2 aromatic rings. The molecule has 2 aromatic carbocycles. The summed E-state index contributed by atoms with van der Waals surface area (Å²) in [6.45, 7) is 3.22. The minimum Gasteiger partial charge on any atom is -0.511 e. The number of aromatic hydroxyl groups is 1. The minimum absolute atomic E-state index is 0.0764. The van der Waals surface area contributed by atoms with Crippen molar-refractivity contribution < 1.29 is 34.8 Å². The fraction of sp³-hybridized carbons (Fsp3) is 0.424. The van der Waals surface area contributed by atoms with Crippen LogP contribution in [0.25, 0.3) is 0 Å². The molecular weight excluding hydrogens is 522 g/mol. The minimum atomic E-state index is -2.49. The molecule has 0 radical (unpaired) electrons. The first kappa shape index (κ1) is 28.6. The van der Waals surface area contributed by atoms with E-state index < -0.39 is 51.9 Å². The first-order valence-corrected chi connectivity index (χ1v) is 14.2. The number of aliphatic hydroxyl groups excluding tert-OH is 2. The first-order valence-electron chi connectivity index (χ1n) is 14.2. The largest absolute Gasteiger partial charge is 0.511 e. The van der Waals surface area contributed by atoms with E-state index >= 15 is 0 Å². The zero-order chi connectivity index (χ0) is 29.8. The van der Waals surface area contributed by atoms with Crippen molar-refractivity contribution in [2.24, 2.45) is 11.8 Å². The van der Waals surface area contributed by atoms with Crippen molar-refractivity contribution in [1.29, 1.82) is 0 Å². The maximum Gasteiger partial charge on any atom is 0.209 e. The number of nitrogens with zero attached hydrogens (tertiary/aromatic N) is 1. The molecule has 3 atom stereocenters. The summed E-state index contributed by atoms with van der Waals surface area (Å²) in [5.41, 5.74) is 1.44.